The Bertz CT molecular complexity index is 2270. The first-order valence-electron chi connectivity index (χ1n) is 17.2. The Hall–Kier alpha value is -6.48. The highest BCUT2D eigenvalue weighted by Crippen LogP contribution is 2.43. The van der Waals surface area contributed by atoms with E-state index >= 15 is 0 Å². The number of benzene rings is 5. The van der Waals surface area contributed by atoms with Crippen LogP contribution >= 0.6 is 0 Å². The molecule has 0 aliphatic carbocycles. The molecule has 9 heteroatoms. The van der Waals surface area contributed by atoms with E-state index in [1.165, 1.54) is 5.56 Å². The minimum absolute atomic E-state index is 0.671. The maximum atomic E-state index is 4.78. The predicted octanol–water partition coefficient (Wildman–Crippen LogP) is 7.94. The van der Waals surface area contributed by atoms with Crippen LogP contribution in [-0.2, 0) is 19.1 Å². The second-order valence-corrected chi connectivity index (χ2v) is 12.6. The average Bonchev–Trinajstić information content (AvgIpc) is 3.84. The standard InChI is InChI=1S/C42H37N9/c1-3-27-50(41-38-39(43-29-44-41)45-30-49(38)2)28-31-23-25-32(26-24-31)36-21-13-14-22-37(36)40-46-47-48-51(40)42(33-15-7-4-8-16-33,34-17-9-5-10-18-34)35-19-11-6-12-20-35/h4-26,29-30H,3,27-28H2,1-2H3. The maximum absolute atomic E-state index is 4.78. The molecular formula is C42H37N9. The first kappa shape index (κ1) is 31.8. The molecule has 0 saturated carbocycles. The summed E-state index contributed by atoms with van der Waals surface area (Å²) in [4.78, 5) is 15.8. The van der Waals surface area contributed by atoms with Gasteiger partial charge in [-0.05, 0) is 50.2 Å². The molecule has 0 saturated heterocycles. The van der Waals surface area contributed by atoms with Crippen molar-refractivity contribution in [3.8, 4) is 22.5 Å². The number of aryl methyl sites for hydroxylation is 1. The van der Waals surface area contributed by atoms with Gasteiger partial charge in [-0.1, -0.05) is 146 Å². The highest BCUT2D eigenvalue weighted by molar-refractivity contribution is 5.84. The van der Waals surface area contributed by atoms with Crippen LogP contribution in [0.5, 0.6) is 0 Å². The van der Waals surface area contributed by atoms with Crippen LogP contribution in [0.1, 0.15) is 35.6 Å². The number of rotatable bonds is 11. The number of nitrogens with zero attached hydrogens (tertiary/aromatic N) is 9. The highest BCUT2D eigenvalue weighted by Gasteiger charge is 2.42. The van der Waals surface area contributed by atoms with E-state index in [1.54, 1.807) is 12.7 Å². The fourth-order valence-corrected chi connectivity index (χ4v) is 7.16. The molecule has 8 rings (SSSR count). The van der Waals surface area contributed by atoms with Crippen molar-refractivity contribution in [2.75, 3.05) is 11.4 Å². The molecule has 0 amide bonds. The summed E-state index contributed by atoms with van der Waals surface area (Å²) in [5.74, 6) is 1.56. The molecule has 0 unspecified atom stereocenters. The Morgan fingerprint density at radius 1 is 0.647 bits per heavy atom. The molecule has 0 fully saturated rings. The van der Waals surface area contributed by atoms with Crippen LogP contribution < -0.4 is 4.90 Å². The molecule has 0 aliphatic heterocycles. The van der Waals surface area contributed by atoms with Gasteiger partial charge in [-0.25, -0.2) is 19.6 Å². The second kappa shape index (κ2) is 13.8. The van der Waals surface area contributed by atoms with E-state index < -0.39 is 5.54 Å². The lowest BCUT2D eigenvalue weighted by Gasteiger charge is -2.36. The number of hydrogen-bond donors (Lipinski definition) is 0. The molecule has 250 valence electrons. The van der Waals surface area contributed by atoms with E-state index in [1.807, 2.05) is 40.6 Å². The summed E-state index contributed by atoms with van der Waals surface area (Å²) in [5.41, 5.74) is 8.20. The Morgan fingerprint density at radius 3 is 1.84 bits per heavy atom. The Labute approximate surface area is 296 Å². The third-order valence-corrected chi connectivity index (χ3v) is 9.45. The van der Waals surface area contributed by atoms with Gasteiger partial charge in [0.1, 0.15) is 17.4 Å². The quantitative estimate of drug-likeness (QED) is 0.129. The van der Waals surface area contributed by atoms with Crippen molar-refractivity contribution in [2.45, 2.75) is 25.4 Å². The summed E-state index contributed by atoms with van der Waals surface area (Å²) in [6.07, 6.45) is 4.38. The summed E-state index contributed by atoms with van der Waals surface area (Å²) in [6.45, 7) is 3.75. The first-order valence-corrected chi connectivity index (χ1v) is 17.2. The zero-order chi connectivity index (χ0) is 34.6. The summed E-state index contributed by atoms with van der Waals surface area (Å²) >= 11 is 0. The van der Waals surface area contributed by atoms with Gasteiger partial charge in [-0.2, -0.15) is 0 Å². The van der Waals surface area contributed by atoms with Gasteiger partial charge in [0, 0.05) is 25.7 Å². The Morgan fingerprint density at radius 2 is 1.24 bits per heavy atom. The van der Waals surface area contributed by atoms with E-state index in [-0.39, 0.29) is 0 Å². The lowest BCUT2D eigenvalue weighted by Crippen LogP contribution is -2.39. The second-order valence-electron chi connectivity index (χ2n) is 12.6. The third-order valence-electron chi connectivity index (χ3n) is 9.45. The predicted molar refractivity (Wildman–Crippen MR) is 201 cm³/mol. The van der Waals surface area contributed by atoms with Crippen LogP contribution in [0.4, 0.5) is 5.82 Å². The number of fused-ring (bicyclic) bond motifs is 1. The van der Waals surface area contributed by atoms with Crippen molar-refractivity contribution < 1.29 is 0 Å². The molecule has 0 aliphatic rings. The van der Waals surface area contributed by atoms with Crippen LogP contribution in [0.15, 0.2) is 152 Å². The summed E-state index contributed by atoms with van der Waals surface area (Å²) in [7, 11) is 1.98. The van der Waals surface area contributed by atoms with Gasteiger partial charge >= 0.3 is 0 Å². The van der Waals surface area contributed by atoms with Crippen molar-refractivity contribution in [3.05, 3.63) is 174 Å². The monoisotopic (exact) mass is 667 g/mol. The smallest absolute Gasteiger partial charge is 0.184 e. The number of imidazole rings is 1. The molecule has 9 nitrogen and oxygen atoms in total. The minimum Gasteiger partial charge on any atom is -0.350 e. The largest absolute Gasteiger partial charge is 0.350 e. The lowest BCUT2D eigenvalue weighted by atomic mass is 9.77. The molecule has 5 aromatic carbocycles. The lowest BCUT2D eigenvalue weighted by molar-refractivity contribution is 0.451. The molecule has 3 aromatic heterocycles. The van der Waals surface area contributed by atoms with Crippen molar-refractivity contribution in [1.82, 2.24) is 39.7 Å². The average molecular weight is 668 g/mol. The van der Waals surface area contributed by atoms with Crippen molar-refractivity contribution >= 4 is 17.0 Å². The van der Waals surface area contributed by atoms with Crippen LogP contribution in [0.3, 0.4) is 0 Å². The molecule has 0 N–H and O–H groups in total. The molecule has 3 heterocycles. The summed E-state index contributed by atoms with van der Waals surface area (Å²) in [6, 6.07) is 48.6. The Kier molecular flexibility index (Phi) is 8.59. The van der Waals surface area contributed by atoms with Crippen LogP contribution in [0, 0.1) is 0 Å². The van der Waals surface area contributed by atoms with Crippen LogP contribution in [0.2, 0.25) is 0 Å². The molecule has 0 atom stereocenters. The topological polar surface area (TPSA) is 90.4 Å². The fourth-order valence-electron chi connectivity index (χ4n) is 7.16. The van der Waals surface area contributed by atoms with Gasteiger partial charge in [-0.3, -0.25) is 0 Å². The van der Waals surface area contributed by atoms with Crippen molar-refractivity contribution in [2.24, 2.45) is 7.05 Å². The maximum Gasteiger partial charge on any atom is 0.184 e. The molecule has 8 aromatic rings. The van der Waals surface area contributed by atoms with Gasteiger partial charge in [0.15, 0.2) is 17.3 Å². The number of aromatic nitrogens is 8. The van der Waals surface area contributed by atoms with E-state index in [0.717, 1.165) is 57.7 Å². The Balaban J connectivity index is 1.22. The van der Waals surface area contributed by atoms with Crippen molar-refractivity contribution in [1.29, 1.82) is 0 Å². The molecule has 0 bridgehead atoms. The van der Waals surface area contributed by atoms with E-state index in [2.05, 4.69) is 147 Å². The zero-order valence-electron chi connectivity index (χ0n) is 28.6. The fraction of sp³-hybridized carbons (Fsp3) is 0.143. The number of tetrazole rings is 1. The van der Waals surface area contributed by atoms with Crippen LogP contribution in [0.25, 0.3) is 33.7 Å². The SMILES string of the molecule is CCCN(Cc1ccc(-c2ccccc2-c2nnnn2C(c2ccccc2)(c2ccccc2)c2ccccc2)cc1)c1ncnc2ncn(C)c12. The number of hydrogen-bond acceptors (Lipinski definition) is 7. The van der Waals surface area contributed by atoms with Gasteiger partial charge in [0.05, 0.1) is 6.33 Å². The first-order chi connectivity index (χ1) is 25.2. The molecule has 51 heavy (non-hydrogen) atoms. The summed E-state index contributed by atoms with van der Waals surface area (Å²) in [5, 5.41) is 13.8. The third kappa shape index (κ3) is 5.72. The van der Waals surface area contributed by atoms with Gasteiger partial charge < -0.3 is 9.47 Å². The van der Waals surface area contributed by atoms with Gasteiger partial charge in [0.25, 0.3) is 0 Å². The summed E-state index contributed by atoms with van der Waals surface area (Å²) < 4.78 is 3.98. The molecule has 0 spiro atoms. The molecular weight excluding hydrogens is 631 g/mol. The van der Waals surface area contributed by atoms with E-state index in [4.69, 9.17) is 10.3 Å². The van der Waals surface area contributed by atoms with E-state index in [0.29, 0.717) is 18.0 Å². The minimum atomic E-state index is -0.845. The number of anilines is 1. The normalized spacial score (nSPS) is 11.6. The zero-order valence-corrected chi connectivity index (χ0v) is 28.6. The van der Waals surface area contributed by atoms with Crippen LogP contribution in [-0.4, -0.2) is 46.3 Å². The van der Waals surface area contributed by atoms with Gasteiger partial charge in [-0.15, -0.1) is 5.10 Å². The van der Waals surface area contributed by atoms with Crippen molar-refractivity contribution in [3.63, 3.8) is 0 Å². The molecule has 0 radical (unpaired) electrons. The van der Waals surface area contributed by atoms with Gasteiger partial charge in [0.2, 0.25) is 0 Å². The van der Waals surface area contributed by atoms with E-state index in [9.17, 15) is 0 Å². The highest BCUT2D eigenvalue weighted by atomic mass is 15.6.